The third-order valence-corrected chi connectivity index (χ3v) is 2.60. The van der Waals surface area contributed by atoms with Gasteiger partial charge < -0.3 is 18.9 Å². The summed E-state index contributed by atoms with van der Waals surface area (Å²) in [4.78, 5) is 21.9. The average molecular weight is 248 g/mol. The van der Waals surface area contributed by atoms with Gasteiger partial charge in [-0.05, 0) is 0 Å². The average Bonchev–Trinajstić information content (AvgIpc) is 2.65. The Hall–Kier alpha value is -1.21. The van der Waals surface area contributed by atoms with E-state index in [0.29, 0.717) is 0 Å². The topological polar surface area (TPSA) is 71.1 Å². The molecule has 0 amide bonds. The summed E-state index contributed by atoms with van der Waals surface area (Å²) in [5, 5.41) is 0. The van der Waals surface area contributed by atoms with Gasteiger partial charge in [0.2, 0.25) is 0 Å². The van der Waals surface area contributed by atoms with Gasteiger partial charge >= 0.3 is 11.9 Å². The molecule has 17 heavy (non-hydrogen) atoms. The number of carbonyl (C=O) groups excluding carboxylic acids is 2. The molecule has 5 atom stereocenters. The number of hydrogen-bond donors (Lipinski definition) is 0. The molecule has 0 aromatic rings. The van der Waals surface area contributed by atoms with E-state index >= 15 is 0 Å². The lowest BCUT2D eigenvalue weighted by molar-refractivity contribution is -0.228. The van der Waals surface area contributed by atoms with Gasteiger partial charge in [0.25, 0.3) is 0 Å². The monoisotopic (exact) mass is 248 g/mol. The molecular weight excluding hydrogens is 235 g/mol. The number of fused-ring (bicyclic) bond motifs is 2. The summed E-state index contributed by atoms with van der Waals surface area (Å²) < 4.78 is 33.9. The van der Waals surface area contributed by atoms with Gasteiger partial charge in [0.15, 0.2) is 24.7 Å². The summed E-state index contributed by atoms with van der Waals surface area (Å²) in [5.41, 5.74) is 0. The Kier molecular flexibility index (Phi) is 3.30. The van der Waals surface area contributed by atoms with Crippen LogP contribution in [0.5, 0.6) is 0 Å². The van der Waals surface area contributed by atoms with Gasteiger partial charge in [-0.2, -0.15) is 0 Å². The van der Waals surface area contributed by atoms with Crippen LogP contribution in [0.3, 0.4) is 0 Å². The van der Waals surface area contributed by atoms with Crippen LogP contribution in [0, 0.1) is 0 Å². The van der Waals surface area contributed by atoms with E-state index in [2.05, 4.69) is 0 Å². The Morgan fingerprint density at radius 2 is 1.76 bits per heavy atom. The number of alkyl halides is 1. The smallest absolute Gasteiger partial charge is 0.303 e. The van der Waals surface area contributed by atoms with Crippen molar-refractivity contribution in [1.82, 2.24) is 0 Å². The minimum Gasteiger partial charge on any atom is -0.456 e. The number of esters is 2. The predicted molar refractivity (Wildman–Crippen MR) is 50.6 cm³/mol. The zero-order valence-electron chi connectivity index (χ0n) is 9.42. The lowest BCUT2D eigenvalue weighted by Gasteiger charge is -2.35. The zero-order chi connectivity index (χ0) is 12.6. The minimum atomic E-state index is -1.66. The number of rotatable bonds is 2. The molecule has 2 saturated heterocycles. The van der Waals surface area contributed by atoms with Crippen LogP contribution < -0.4 is 0 Å². The van der Waals surface area contributed by atoms with Crippen molar-refractivity contribution in [2.45, 2.75) is 44.6 Å². The number of ether oxygens (including phenoxy) is 4. The highest BCUT2D eigenvalue weighted by Crippen LogP contribution is 2.33. The third kappa shape index (κ3) is 2.39. The maximum Gasteiger partial charge on any atom is 0.303 e. The van der Waals surface area contributed by atoms with E-state index in [0.717, 1.165) is 6.92 Å². The van der Waals surface area contributed by atoms with Crippen molar-refractivity contribution in [2.24, 2.45) is 0 Å². The van der Waals surface area contributed by atoms with Crippen molar-refractivity contribution in [3.8, 4) is 0 Å². The lowest BCUT2D eigenvalue weighted by atomic mass is 10.0. The molecule has 6 nitrogen and oxygen atoms in total. The van der Waals surface area contributed by atoms with Gasteiger partial charge in [-0.1, -0.05) is 0 Å². The fourth-order valence-electron chi connectivity index (χ4n) is 1.99. The Balaban J connectivity index is 2.16. The van der Waals surface area contributed by atoms with E-state index in [1.165, 1.54) is 6.92 Å². The first-order valence-electron chi connectivity index (χ1n) is 5.24. The zero-order valence-corrected chi connectivity index (χ0v) is 9.42. The van der Waals surface area contributed by atoms with E-state index in [1.54, 1.807) is 0 Å². The first-order valence-corrected chi connectivity index (χ1v) is 5.24. The van der Waals surface area contributed by atoms with Crippen LogP contribution in [-0.2, 0) is 28.5 Å². The molecule has 0 aromatic carbocycles. The van der Waals surface area contributed by atoms with Crippen LogP contribution >= 0.6 is 0 Å². The van der Waals surface area contributed by atoms with Gasteiger partial charge in [-0.25, -0.2) is 4.39 Å². The van der Waals surface area contributed by atoms with Crippen molar-refractivity contribution in [3.05, 3.63) is 0 Å². The second kappa shape index (κ2) is 4.58. The number of carbonyl (C=O) groups is 2. The summed E-state index contributed by atoms with van der Waals surface area (Å²) in [5.74, 6) is -1.23. The third-order valence-electron chi connectivity index (χ3n) is 2.60. The highest BCUT2D eigenvalue weighted by atomic mass is 19.1. The van der Waals surface area contributed by atoms with Crippen LogP contribution in [0.4, 0.5) is 4.39 Å². The SMILES string of the molecule is CC(=O)OC1C2CO[C@H](O2)C(F)C1OC(C)=O. The van der Waals surface area contributed by atoms with Gasteiger partial charge in [0, 0.05) is 13.8 Å². The Bertz CT molecular complexity index is 317. The van der Waals surface area contributed by atoms with Crippen LogP contribution in [0.15, 0.2) is 0 Å². The molecule has 0 aliphatic carbocycles. The highest BCUT2D eigenvalue weighted by molar-refractivity contribution is 5.67. The maximum atomic E-state index is 13.9. The van der Waals surface area contributed by atoms with Gasteiger partial charge in [0.05, 0.1) is 6.61 Å². The van der Waals surface area contributed by atoms with Gasteiger partial charge in [0.1, 0.15) is 6.10 Å². The molecule has 2 heterocycles. The largest absolute Gasteiger partial charge is 0.456 e. The molecule has 0 saturated carbocycles. The summed E-state index contributed by atoms with van der Waals surface area (Å²) in [6.45, 7) is 2.47. The summed E-state index contributed by atoms with van der Waals surface area (Å²) in [6, 6.07) is 0. The quantitative estimate of drug-likeness (QED) is 0.638. The van der Waals surface area contributed by atoms with Crippen molar-refractivity contribution in [2.75, 3.05) is 6.61 Å². The van der Waals surface area contributed by atoms with Crippen LogP contribution in [0.25, 0.3) is 0 Å². The van der Waals surface area contributed by atoms with E-state index < -0.39 is 42.7 Å². The Morgan fingerprint density at radius 3 is 2.35 bits per heavy atom. The van der Waals surface area contributed by atoms with Crippen molar-refractivity contribution < 1.29 is 32.9 Å². The summed E-state index contributed by atoms with van der Waals surface area (Å²) >= 11 is 0. The van der Waals surface area contributed by atoms with E-state index in [-0.39, 0.29) is 6.61 Å². The molecule has 0 aromatic heterocycles. The molecule has 2 bridgehead atoms. The first kappa shape index (κ1) is 12.3. The molecule has 96 valence electrons. The Morgan fingerprint density at radius 1 is 1.18 bits per heavy atom. The number of halogens is 1. The second-order valence-corrected chi connectivity index (χ2v) is 3.97. The standard InChI is InChI=1S/C10H13FO6/c1-4(12)15-8-6-3-14-10(17-6)7(11)9(8)16-5(2)13/h6-10H,3H2,1-2H3/t6?,7?,8?,9?,10-/m1/s1. The molecule has 0 radical (unpaired) electrons. The molecular formula is C10H13FO6. The summed E-state index contributed by atoms with van der Waals surface area (Å²) in [7, 11) is 0. The lowest BCUT2D eigenvalue weighted by Crippen LogP contribution is -2.55. The van der Waals surface area contributed by atoms with Crippen molar-refractivity contribution in [3.63, 3.8) is 0 Å². The van der Waals surface area contributed by atoms with E-state index in [9.17, 15) is 14.0 Å². The second-order valence-electron chi connectivity index (χ2n) is 3.97. The summed E-state index contributed by atoms with van der Waals surface area (Å²) in [6.07, 6.45) is -5.47. The molecule has 7 heteroatoms. The molecule has 2 aliphatic heterocycles. The van der Waals surface area contributed by atoms with E-state index in [1.807, 2.05) is 0 Å². The van der Waals surface area contributed by atoms with Crippen LogP contribution in [0.1, 0.15) is 13.8 Å². The predicted octanol–water partition coefficient (Wildman–Crippen LogP) is -0.0570. The maximum absolute atomic E-state index is 13.9. The van der Waals surface area contributed by atoms with Crippen molar-refractivity contribution >= 4 is 11.9 Å². The van der Waals surface area contributed by atoms with E-state index in [4.69, 9.17) is 18.9 Å². The fourth-order valence-corrected chi connectivity index (χ4v) is 1.99. The molecule has 4 unspecified atom stereocenters. The van der Waals surface area contributed by atoms with Crippen LogP contribution in [0.2, 0.25) is 0 Å². The fraction of sp³-hybridized carbons (Fsp3) is 0.800. The van der Waals surface area contributed by atoms with Crippen molar-refractivity contribution in [1.29, 1.82) is 0 Å². The molecule has 2 aliphatic rings. The normalized spacial score (nSPS) is 39.8. The molecule has 0 spiro atoms. The molecule has 2 rings (SSSR count). The molecule has 2 fully saturated rings. The highest BCUT2D eigenvalue weighted by Gasteiger charge is 2.54. The molecule has 0 N–H and O–H groups in total. The van der Waals surface area contributed by atoms with Crippen LogP contribution in [-0.4, -0.2) is 49.3 Å². The minimum absolute atomic E-state index is 0.112. The number of hydrogen-bond acceptors (Lipinski definition) is 6. The Labute approximate surface area is 97.0 Å². The van der Waals surface area contributed by atoms with Gasteiger partial charge in [-0.3, -0.25) is 9.59 Å². The first-order chi connectivity index (χ1) is 7.99. The van der Waals surface area contributed by atoms with Gasteiger partial charge in [-0.15, -0.1) is 0 Å².